The molecular formula is C13H20N2O2. The Morgan fingerprint density at radius 1 is 1.65 bits per heavy atom. The number of carbonyl (C=O) groups excluding carboxylic acids is 1. The molecule has 0 bridgehead atoms. The monoisotopic (exact) mass is 236 g/mol. The van der Waals surface area contributed by atoms with Crippen LogP contribution < -0.4 is 11.1 Å². The summed E-state index contributed by atoms with van der Waals surface area (Å²) in [4.78, 5) is 10.7. The van der Waals surface area contributed by atoms with Gasteiger partial charge >= 0.3 is 0 Å². The van der Waals surface area contributed by atoms with E-state index in [1.165, 1.54) is 6.42 Å². The van der Waals surface area contributed by atoms with Gasteiger partial charge < -0.3 is 15.5 Å². The SMILES string of the molecule is CC(CC(N)=O)NCc1ccc(C2CC2C)o1. The molecular weight excluding hydrogens is 216 g/mol. The van der Waals surface area contributed by atoms with Gasteiger partial charge in [-0.2, -0.15) is 0 Å². The summed E-state index contributed by atoms with van der Waals surface area (Å²) < 4.78 is 5.75. The van der Waals surface area contributed by atoms with Crippen LogP contribution in [0.1, 0.15) is 44.1 Å². The van der Waals surface area contributed by atoms with Crippen molar-refractivity contribution in [2.75, 3.05) is 0 Å². The Labute approximate surface area is 102 Å². The number of rotatable bonds is 6. The number of amides is 1. The lowest BCUT2D eigenvalue weighted by atomic mass is 10.2. The van der Waals surface area contributed by atoms with Crippen LogP contribution in [-0.4, -0.2) is 11.9 Å². The third kappa shape index (κ3) is 3.33. The smallest absolute Gasteiger partial charge is 0.218 e. The van der Waals surface area contributed by atoms with Gasteiger partial charge in [-0.15, -0.1) is 0 Å². The van der Waals surface area contributed by atoms with Gasteiger partial charge in [0, 0.05) is 18.4 Å². The normalized spacial score (nSPS) is 24.6. The van der Waals surface area contributed by atoms with Gasteiger partial charge in [-0.1, -0.05) is 6.92 Å². The first kappa shape index (κ1) is 12.2. The Morgan fingerprint density at radius 3 is 2.94 bits per heavy atom. The van der Waals surface area contributed by atoms with Crippen molar-refractivity contribution in [1.29, 1.82) is 0 Å². The molecule has 1 aromatic heterocycles. The summed E-state index contributed by atoms with van der Waals surface area (Å²) >= 11 is 0. The lowest BCUT2D eigenvalue weighted by Gasteiger charge is -2.09. The van der Waals surface area contributed by atoms with Crippen LogP contribution in [0, 0.1) is 5.92 Å². The zero-order chi connectivity index (χ0) is 12.4. The molecule has 1 aromatic rings. The zero-order valence-corrected chi connectivity index (χ0v) is 10.4. The average molecular weight is 236 g/mol. The van der Waals surface area contributed by atoms with Gasteiger partial charge in [0.05, 0.1) is 6.54 Å². The van der Waals surface area contributed by atoms with E-state index in [9.17, 15) is 4.79 Å². The molecule has 1 amide bonds. The molecule has 3 N–H and O–H groups in total. The van der Waals surface area contributed by atoms with Crippen molar-refractivity contribution in [2.45, 2.75) is 45.2 Å². The van der Waals surface area contributed by atoms with Gasteiger partial charge in [-0.25, -0.2) is 0 Å². The van der Waals surface area contributed by atoms with E-state index in [0.29, 0.717) is 18.9 Å². The fourth-order valence-electron chi connectivity index (χ4n) is 2.06. The van der Waals surface area contributed by atoms with E-state index < -0.39 is 0 Å². The Bertz CT molecular complexity index is 400. The molecule has 0 spiro atoms. The Kier molecular flexibility index (Phi) is 3.52. The maximum atomic E-state index is 10.7. The zero-order valence-electron chi connectivity index (χ0n) is 10.4. The molecule has 1 heterocycles. The highest BCUT2D eigenvalue weighted by Gasteiger charge is 2.36. The van der Waals surface area contributed by atoms with Gasteiger partial charge in [-0.05, 0) is 31.4 Å². The second-order valence-electron chi connectivity index (χ2n) is 5.08. The summed E-state index contributed by atoms with van der Waals surface area (Å²) in [5, 5.41) is 3.22. The molecule has 94 valence electrons. The fraction of sp³-hybridized carbons (Fsp3) is 0.615. The Hall–Kier alpha value is -1.29. The van der Waals surface area contributed by atoms with Crippen molar-refractivity contribution < 1.29 is 9.21 Å². The number of primary amides is 1. The van der Waals surface area contributed by atoms with E-state index >= 15 is 0 Å². The summed E-state index contributed by atoms with van der Waals surface area (Å²) in [7, 11) is 0. The molecule has 1 saturated carbocycles. The largest absolute Gasteiger partial charge is 0.464 e. The highest BCUT2D eigenvalue weighted by molar-refractivity contribution is 5.74. The minimum Gasteiger partial charge on any atom is -0.464 e. The number of hydrogen-bond acceptors (Lipinski definition) is 3. The summed E-state index contributed by atoms with van der Waals surface area (Å²) in [5.41, 5.74) is 5.13. The van der Waals surface area contributed by atoms with Crippen molar-refractivity contribution in [3.63, 3.8) is 0 Å². The molecule has 0 aromatic carbocycles. The molecule has 17 heavy (non-hydrogen) atoms. The number of nitrogens with one attached hydrogen (secondary N) is 1. The van der Waals surface area contributed by atoms with Crippen LogP contribution in [0.4, 0.5) is 0 Å². The van der Waals surface area contributed by atoms with Crippen LogP contribution in [0.25, 0.3) is 0 Å². The van der Waals surface area contributed by atoms with Crippen molar-refractivity contribution >= 4 is 5.91 Å². The summed E-state index contributed by atoms with van der Waals surface area (Å²) in [6.07, 6.45) is 1.59. The highest BCUT2D eigenvalue weighted by atomic mass is 16.3. The first-order valence-corrected chi connectivity index (χ1v) is 6.16. The van der Waals surface area contributed by atoms with Crippen LogP contribution in [0.2, 0.25) is 0 Å². The van der Waals surface area contributed by atoms with E-state index in [4.69, 9.17) is 10.2 Å². The second-order valence-corrected chi connectivity index (χ2v) is 5.08. The maximum Gasteiger partial charge on any atom is 0.218 e. The van der Waals surface area contributed by atoms with Gasteiger partial charge in [-0.3, -0.25) is 4.79 Å². The minimum absolute atomic E-state index is 0.0842. The molecule has 0 radical (unpaired) electrons. The predicted octanol–water partition coefficient (Wildman–Crippen LogP) is 1.76. The fourth-order valence-corrected chi connectivity index (χ4v) is 2.06. The molecule has 3 unspecified atom stereocenters. The lowest BCUT2D eigenvalue weighted by Crippen LogP contribution is -2.30. The van der Waals surface area contributed by atoms with E-state index in [1.807, 2.05) is 13.0 Å². The average Bonchev–Trinajstić information content (AvgIpc) is 2.78. The molecule has 0 aliphatic heterocycles. The Morgan fingerprint density at radius 2 is 2.35 bits per heavy atom. The van der Waals surface area contributed by atoms with E-state index in [0.717, 1.165) is 17.4 Å². The van der Waals surface area contributed by atoms with Crippen LogP contribution in [0.5, 0.6) is 0 Å². The molecule has 4 nitrogen and oxygen atoms in total. The van der Waals surface area contributed by atoms with Crippen molar-refractivity contribution in [3.8, 4) is 0 Å². The van der Waals surface area contributed by atoms with E-state index in [2.05, 4.69) is 18.3 Å². The second kappa shape index (κ2) is 4.92. The van der Waals surface area contributed by atoms with Gasteiger partial charge in [0.15, 0.2) is 0 Å². The molecule has 1 fully saturated rings. The lowest BCUT2D eigenvalue weighted by molar-refractivity contribution is -0.118. The van der Waals surface area contributed by atoms with Crippen molar-refractivity contribution in [2.24, 2.45) is 11.7 Å². The number of hydrogen-bond donors (Lipinski definition) is 2. The number of carbonyl (C=O) groups is 1. The third-order valence-electron chi connectivity index (χ3n) is 3.29. The van der Waals surface area contributed by atoms with Gasteiger partial charge in [0.25, 0.3) is 0 Å². The van der Waals surface area contributed by atoms with Crippen LogP contribution in [-0.2, 0) is 11.3 Å². The quantitative estimate of drug-likeness (QED) is 0.790. The van der Waals surface area contributed by atoms with Crippen LogP contribution >= 0.6 is 0 Å². The maximum absolute atomic E-state index is 10.7. The minimum atomic E-state index is -0.281. The summed E-state index contributed by atoms with van der Waals surface area (Å²) in [5.74, 6) is 3.12. The van der Waals surface area contributed by atoms with E-state index in [-0.39, 0.29) is 11.9 Å². The molecule has 2 rings (SSSR count). The van der Waals surface area contributed by atoms with Crippen molar-refractivity contribution in [3.05, 3.63) is 23.7 Å². The topological polar surface area (TPSA) is 68.3 Å². The summed E-state index contributed by atoms with van der Waals surface area (Å²) in [6.45, 7) is 4.83. The third-order valence-corrected chi connectivity index (χ3v) is 3.29. The number of furan rings is 1. The first-order valence-electron chi connectivity index (χ1n) is 6.16. The predicted molar refractivity (Wildman–Crippen MR) is 65.3 cm³/mol. The summed E-state index contributed by atoms with van der Waals surface area (Å²) in [6, 6.07) is 4.15. The standard InChI is InChI=1S/C13H20N2O2/c1-8-5-11(8)12-4-3-10(17-12)7-15-9(2)6-13(14)16/h3-4,8-9,11,15H,5-7H2,1-2H3,(H2,14,16). The molecule has 1 aliphatic rings. The van der Waals surface area contributed by atoms with E-state index in [1.54, 1.807) is 0 Å². The number of nitrogens with two attached hydrogens (primary N) is 1. The van der Waals surface area contributed by atoms with Crippen LogP contribution in [0.15, 0.2) is 16.5 Å². The first-order chi connectivity index (χ1) is 8.06. The highest BCUT2D eigenvalue weighted by Crippen LogP contribution is 2.47. The molecule has 3 atom stereocenters. The Balaban J connectivity index is 1.79. The molecule has 4 heteroatoms. The van der Waals surface area contributed by atoms with Gasteiger partial charge in [0.2, 0.25) is 5.91 Å². The van der Waals surface area contributed by atoms with Crippen molar-refractivity contribution in [1.82, 2.24) is 5.32 Å². The molecule has 0 saturated heterocycles. The van der Waals surface area contributed by atoms with Crippen LogP contribution in [0.3, 0.4) is 0 Å². The molecule has 1 aliphatic carbocycles. The van der Waals surface area contributed by atoms with Gasteiger partial charge in [0.1, 0.15) is 11.5 Å².